The molecule has 0 atom stereocenters. The number of H-pyrrole nitrogens is 1. The number of rotatable bonds is 7. The minimum Gasteiger partial charge on any atom is -0.382 e. The van der Waals surface area contributed by atoms with Gasteiger partial charge in [0.05, 0.1) is 0 Å². The summed E-state index contributed by atoms with van der Waals surface area (Å²) in [5, 5.41) is 9.39. The normalized spacial score (nSPS) is 11.3. The predicted molar refractivity (Wildman–Crippen MR) is 77.1 cm³/mol. The van der Waals surface area contributed by atoms with Crippen LogP contribution in [0, 0.1) is 6.92 Å². The lowest BCUT2D eigenvalue weighted by atomic mass is 10.2. The first-order chi connectivity index (χ1) is 8.93. The second-order valence-electron chi connectivity index (χ2n) is 5.15. The molecule has 0 aromatic carbocycles. The van der Waals surface area contributed by atoms with Crippen molar-refractivity contribution in [2.75, 3.05) is 25.9 Å². The summed E-state index contributed by atoms with van der Waals surface area (Å²) >= 11 is 0. The molecule has 0 fully saturated rings. The highest BCUT2D eigenvalue weighted by Crippen LogP contribution is 2.11. The Morgan fingerprint density at radius 2 is 2.16 bits per heavy atom. The van der Waals surface area contributed by atoms with Crippen LogP contribution in [0.5, 0.6) is 0 Å². The highest BCUT2D eigenvalue weighted by Gasteiger charge is 2.15. The summed E-state index contributed by atoms with van der Waals surface area (Å²) in [5.41, 5.74) is 6.80. The van der Waals surface area contributed by atoms with Crippen LogP contribution < -0.4 is 11.1 Å². The third-order valence-corrected chi connectivity index (χ3v) is 3.31. The number of aromatic amines is 1. The number of carbonyl (C=O) groups is 1. The molecular formula is C13H25N5O. The minimum atomic E-state index is -0.152. The molecule has 0 radical (unpaired) electrons. The van der Waals surface area contributed by atoms with Crippen molar-refractivity contribution in [2.24, 2.45) is 0 Å². The summed E-state index contributed by atoms with van der Waals surface area (Å²) in [4.78, 5) is 14.2. The highest BCUT2D eigenvalue weighted by atomic mass is 16.1. The monoisotopic (exact) mass is 267 g/mol. The van der Waals surface area contributed by atoms with Crippen molar-refractivity contribution in [1.82, 2.24) is 20.4 Å². The zero-order valence-electron chi connectivity index (χ0n) is 12.3. The van der Waals surface area contributed by atoms with E-state index in [-0.39, 0.29) is 11.7 Å². The Morgan fingerprint density at radius 1 is 1.47 bits per heavy atom. The van der Waals surface area contributed by atoms with Crippen LogP contribution in [0.1, 0.15) is 42.7 Å². The first-order valence-corrected chi connectivity index (χ1v) is 6.72. The number of amides is 1. The van der Waals surface area contributed by atoms with E-state index in [1.165, 1.54) is 0 Å². The number of unbranched alkanes of at least 4 members (excludes halogenated alkanes) is 1. The van der Waals surface area contributed by atoms with Crippen molar-refractivity contribution in [3.05, 3.63) is 11.3 Å². The number of hydrogen-bond acceptors (Lipinski definition) is 4. The number of nitrogens with zero attached hydrogens (tertiary/aromatic N) is 2. The SMILES string of the molecule is Cc1[nH]nc(N)c1C(=O)NCCCCN(C)C(C)C. The first-order valence-electron chi connectivity index (χ1n) is 6.72. The molecule has 1 rings (SSSR count). The van der Waals surface area contributed by atoms with Crippen LogP contribution >= 0.6 is 0 Å². The Bertz CT molecular complexity index is 394. The van der Waals surface area contributed by atoms with Crippen molar-refractivity contribution in [3.8, 4) is 0 Å². The van der Waals surface area contributed by atoms with E-state index in [0.29, 0.717) is 23.8 Å². The molecule has 0 saturated carbocycles. The highest BCUT2D eigenvalue weighted by molar-refractivity contribution is 5.99. The summed E-state index contributed by atoms with van der Waals surface area (Å²) in [5.74, 6) is 0.107. The largest absolute Gasteiger partial charge is 0.382 e. The molecule has 0 aliphatic rings. The summed E-state index contributed by atoms with van der Waals surface area (Å²) in [7, 11) is 2.11. The molecule has 6 heteroatoms. The molecule has 0 aliphatic heterocycles. The molecule has 1 amide bonds. The second kappa shape index (κ2) is 7.13. The summed E-state index contributed by atoms with van der Waals surface area (Å²) in [6, 6.07) is 0.558. The van der Waals surface area contributed by atoms with Gasteiger partial charge in [-0.3, -0.25) is 9.89 Å². The molecule has 1 aromatic heterocycles. The Morgan fingerprint density at radius 3 is 2.68 bits per heavy atom. The van der Waals surface area contributed by atoms with Gasteiger partial charge in [0, 0.05) is 18.3 Å². The van der Waals surface area contributed by atoms with Gasteiger partial charge in [-0.2, -0.15) is 5.10 Å². The Labute approximate surface area is 114 Å². The van der Waals surface area contributed by atoms with E-state index in [0.717, 1.165) is 19.4 Å². The molecule has 108 valence electrons. The van der Waals surface area contributed by atoms with Gasteiger partial charge in [-0.25, -0.2) is 0 Å². The van der Waals surface area contributed by atoms with Crippen LogP contribution in [0.25, 0.3) is 0 Å². The number of nitrogen functional groups attached to an aromatic ring is 1. The molecule has 0 spiro atoms. The van der Waals surface area contributed by atoms with Gasteiger partial charge in [-0.1, -0.05) is 0 Å². The summed E-state index contributed by atoms with van der Waals surface area (Å²) in [6.07, 6.45) is 2.02. The van der Waals surface area contributed by atoms with E-state index in [9.17, 15) is 4.79 Å². The number of aryl methyl sites for hydroxylation is 1. The van der Waals surface area contributed by atoms with Gasteiger partial charge in [-0.15, -0.1) is 0 Å². The number of nitrogens with two attached hydrogens (primary N) is 1. The van der Waals surface area contributed by atoms with Crippen LogP contribution in [0.3, 0.4) is 0 Å². The Kier molecular flexibility index (Phi) is 5.82. The fourth-order valence-corrected chi connectivity index (χ4v) is 1.77. The van der Waals surface area contributed by atoms with Crippen molar-refractivity contribution < 1.29 is 4.79 Å². The standard InChI is InChI=1S/C13H25N5O/c1-9(2)18(4)8-6-5-7-15-13(19)11-10(3)16-17-12(11)14/h9H,5-8H2,1-4H3,(H,15,19)(H3,14,16,17). The maximum Gasteiger partial charge on any atom is 0.256 e. The number of aromatic nitrogens is 2. The second-order valence-corrected chi connectivity index (χ2v) is 5.15. The molecule has 19 heavy (non-hydrogen) atoms. The minimum absolute atomic E-state index is 0.152. The number of carbonyl (C=O) groups excluding carboxylic acids is 1. The van der Waals surface area contributed by atoms with Crippen molar-refractivity contribution in [1.29, 1.82) is 0 Å². The van der Waals surface area contributed by atoms with Crippen LogP contribution in [0.2, 0.25) is 0 Å². The molecule has 1 heterocycles. The molecule has 0 saturated heterocycles. The predicted octanol–water partition coefficient (Wildman–Crippen LogP) is 1.15. The third-order valence-electron chi connectivity index (χ3n) is 3.31. The van der Waals surface area contributed by atoms with Crippen LogP contribution in [-0.4, -0.2) is 47.2 Å². The average Bonchev–Trinajstić information content (AvgIpc) is 2.68. The maximum absolute atomic E-state index is 11.9. The van der Waals surface area contributed by atoms with Gasteiger partial charge in [-0.05, 0) is 47.2 Å². The smallest absolute Gasteiger partial charge is 0.256 e. The van der Waals surface area contributed by atoms with E-state index in [1.54, 1.807) is 6.92 Å². The van der Waals surface area contributed by atoms with Gasteiger partial charge in [0.25, 0.3) is 5.91 Å². The summed E-state index contributed by atoms with van der Waals surface area (Å²) < 4.78 is 0. The van der Waals surface area contributed by atoms with Gasteiger partial charge >= 0.3 is 0 Å². The Balaban J connectivity index is 2.25. The van der Waals surface area contributed by atoms with Gasteiger partial charge < -0.3 is 16.0 Å². The van der Waals surface area contributed by atoms with E-state index >= 15 is 0 Å². The molecule has 0 aliphatic carbocycles. The number of anilines is 1. The third kappa shape index (κ3) is 4.55. The van der Waals surface area contributed by atoms with E-state index in [2.05, 4.69) is 41.3 Å². The maximum atomic E-state index is 11.9. The molecular weight excluding hydrogens is 242 g/mol. The lowest BCUT2D eigenvalue weighted by Crippen LogP contribution is -2.29. The zero-order valence-corrected chi connectivity index (χ0v) is 12.3. The van der Waals surface area contributed by atoms with Crippen molar-refractivity contribution >= 4 is 11.7 Å². The zero-order chi connectivity index (χ0) is 14.4. The fraction of sp³-hybridized carbons (Fsp3) is 0.692. The topological polar surface area (TPSA) is 87.0 Å². The first kappa shape index (κ1) is 15.5. The van der Waals surface area contributed by atoms with Crippen molar-refractivity contribution in [2.45, 2.75) is 39.7 Å². The molecule has 0 bridgehead atoms. The Hall–Kier alpha value is -1.56. The van der Waals surface area contributed by atoms with E-state index < -0.39 is 0 Å². The van der Waals surface area contributed by atoms with Crippen LogP contribution in [-0.2, 0) is 0 Å². The lowest BCUT2D eigenvalue weighted by Gasteiger charge is -2.20. The number of hydrogen-bond donors (Lipinski definition) is 3. The average molecular weight is 267 g/mol. The molecule has 6 nitrogen and oxygen atoms in total. The van der Waals surface area contributed by atoms with Gasteiger partial charge in [0.1, 0.15) is 5.56 Å². The number of nitrogens with one attached hydrogen (secondary N) is 2. The van der Waals surface area contributed by atoms with E-state index in [1.807, 2.05) is 0 Å². The van der Waals surface area contributed by atoms with Gasteiger partial charge in [0.2, 0.25) is 0 Å². The fourth-order valence-electron chi connectivity index (χ4n) is 1.77. The van der Waals surface area contributed by atoms with Crippen LogP contribution in [0.4, 0.5) is 5.82 Å². The summed E-state index contributed by atoms with van der Waals surface area (Å²) in [6.45, 7) is 7.84. The van der Waals surface area contributed by atoms with Crippen LogP contribution in [0.15, 0.2) is 0 Å². The van der Waals surface area contributed by atoms with E-state index in [4.69, 9.17) is 5.73 Å². The van der Waals surface area contributed by atoms with Crippen molar-refractivity contribution in [3.63, 3.8) is 0 Å². The molecule has 4 N–H and O–H groups in total. The quantitative estimate of drug-likeness (QED) is 0.647. The molecule has 1 aromatic rings. The molecule has 0 unspecified atom stereocenters. The van der Waals surface area contributed by atoms with Gasteiger partial charge in [0.15, 0.2) is 5.82 Å². The lowest BCUT2D eigenvalue weighted by molar-refractivity contribution is 0.0953.